The molecule has 1 amide bonds. The van der Waals surface area contributed by atoms with Crippen LogP contribution in [0.1, 0.15) is 30.6 Å². The van der Waals surface area contributed by atoms with Crippen LogP contribution in [0.2, 0.25) is 0 Å². The molecule has 3 aromatic heterocycles. The molecule has 1 aromatic carbocycles. The number of hydrogen-bond donors (Lipinski definition) is 1. The van der Waals surface area contributed by atoms with Gasteiger partial charge in [-0.2, -0.15) is 5.10 Å². The van der Waals surface area contributed by atoms with E-state index in [2.05, 4.69) is 20.6 Å². The Morgan fingerprint density at radius 3 is 2.68 bits per heavy atom. The monoisotopic (exact) mass is 375 g/mol. The average Bonchev–Trinajstić information content (AvgIpc) is 3.39. The van der Waals surface area contributed by atoms with Gasteiger partial charge in [-0.15, -0.1) is 0 Å². The van der Waals surface area contributed by atoms with Gasteiger partial charge in [0.2, 0.25) is 0 Å². The van der Waals surface area contributed by atoms with Crippen molar-refractivity contribution in [3.05, 3.63) is 54.2 Å². The fourth-order valence-corrected chi connectivity index (χ4v) is 3.06. The molecule has 4 aromatic rings. The summed E-state index contributed by atoms with van der Waals surface area (Å²) >= 11 is 0. The Labute approximate surface area is 162 Å². The Morgan fingerprint density at radius 2 is 1.96 bits per heavy atom. The minimum absolute atomic E-state index is 0.175. The van der Waals surface area contributed by atoms with E-state index in [0.717, 1.165) is 18.5 Å². The molecule has 0 radical (unpaired) electrons. The number of hydrogen-bond acceptors (Lipinski definition) is 5. The van der Waals surface area contributed by atoms with E-state index in [1.165, 1.54) is 0 Å². The number of aromatic nitrogens is 4. The van der Waals surface area contributed by atoms with Gasteiger partial charge in [-0.1, -0.05) is 42.4 Å². The van der Waals surface area contributed by atoms with E-state index < -0.39 is 0 Å². The summed E-state index contributed by atoms with van der Waals surface area (Å²) in [6.45, 7) is 5.38. The van der Waals surface area contributed by atoms with Crippen molar-refractivity contribution in [1.29, 1.82) is 0 Å². The highest BCUT2D eigenvalue weighted by molar-refractivity contribution is 6.10. The molecule has 1 N–H and O–H groups in total. The zero-order chi connectivity index (χ0) is 19.5. The van der Waals surface area contributed by atoms with Gasteiger partial charge in [0.25, 0.3) is 11.6 Å². The second-order valence-corrected chi connectivity index (χ2v) is 6.44. The van der Waals surface area contributed by atoms with Crippen LogP contribution in [0.25, 0.3) is 33.7 Å². The summed E-state index contributed by atoms with van der Waals surface area (Å²) in [6.07, 6.45) is 2.73. The molecular formula is C21H21N5O2. The highest BCUT2D eigenvalue weighted by Gasteiger charge is 2.22. The number of carbonyl (C=O) groups excluding carboxylic acids is 1. The molecular weight excluding hydrogens is 354 g/mol. The number of amides is 1. The molecule has 0 aliphatic carbocycles. The highest BCUT2D eigenvalue weighted by atomic mass is 16.5. The smallest absolute Gasteiger partial charge is 0.259 e. The largest absolute Gasteiger partial charge is 0.352 e. The first-order chi connectivity index (χ1) is 13.7. The zero-order valence-corrected chi connectivity index (χ0v) is 15.8. The number of nitrogens with zero attached hydrogens (tertiary/aromatic N) is 4. The van der Waals surface area contributed by atoms with Gasteiger partial charge in [0, 0.05) is 24.8 Å². The zero-order valence-electron chi connectivity index (χ0n) is 15.8. The number of nitrogens with one attached hydrogen (secondary N) is 1. The summed E-state index contributed by atoms with van der Waals surface area (Å²) in [7, 11) is 0. The summed E-state index contributed by atoms with van der Waals surface area (Å²) in [5.74, 6) is -0.175. The average molecular weight is 375 g/mol. The molecule has 0 saturated heterocycles. The molecule has 7 heteroatoms. The second kappa shape index (κ2) is 7.64. The van der Waals surface area contributed by atoms with E-state index in [0.29, 0.717) is 40.3 Å². The van der Waals surface area contributed by atoms with Crippen LogP contribution in [0.5, 0.6) is 0 Å². The first-order valence-electron chi connectivity index (χ1n) is 9.39. The van der Waals surface area contributed by atoms with Crippen LogP contribution in [0.3, 0.4) is 0 Å². The van der Waals surface area contributed by atoms with Crippen molar-refractivity contribution >= 4 is 17.0 Å². The van der Waals surface area contributed by atoms with E-state index in [1.807, 2.05) is 61.1 Å². The van der Waals surface area contributed by atoms with Gasteiger partial charge in [0.1, 0.15) is 11.4 Å². The van der Waals surface area contributed by atoms with E-state index in [9.17, 15) is 4.79 Å². The maximum Gasteiger partial charge on any atom is 0.259 e. The van der Waals surface area contributed by atoms with Crippen LogP contribution in [0.15, 0.2) is 53.2 Å². The van der Waals surface area contributed by atoms with Crippen LogP contribution >= 0.6 is 0 Å². The Hall–Kier alpha value is -3.48. The van der Waals surface area contributed by atoms with Crippen molar-refractivity contribution in [2.45, 2.75) is 26.8 Å². The number of rotatable bonds is 6. The number of aryl methyl sites for hydroxylation is 1. The van der Waals surface area contributed by atoms with E-state index in [1.54, 1.807) is 6.07 Å². The SMILES string of the molecule is CCCNC(=O)c1cc(-c2ccn(CC)n2)nc2onc(-c3ccccc3)c12. The molecule has 4 rings (SSSR count). The molecule has 0 unspecified atom stereocenters. The third kappa shape index (κ3) is 3.26. The standard InChI is InChI=1S/C21H21N5O2/c1-3-11-22-20(27)15-13-17(16-10-12-26(4-2)24-16)23-21-18(15)19(25-28-21)14-8-6-5-7-9-14/h5-10,12-13H,3-4,11H2,1-2H3,(H,22,27). The van der Waals surface area contributed by atoms with Crippen LogP contribution < -0.4 is 5.32 Å². The summed E-state index contributed by atoms with van der Waals surface area (Å²) in [5, 5.41) is 12.2. The molecule has 0 saturated carbocycles. The van der Waals surface area contributed by atoms with E-state index in [-0.39, 0.29) is 5.91 Å². The fraction of sp³-hybridized carbons (Fsp3) is 0.238. The second-order valence-electron chi connectivity index (χ2n) is 6.44. The molecule has 28 heavy (non-hydrogen) atoms. The van der Waals surface area contributed by atoms with Crippen molar-refractivity contribution in [2.75, 3.05) is 6.54 Å². The number of fused-ring (bicyclic) bond motifs is 1. The van der Waals surface area contributed by atoms with Crippen molar-refractivity contribution in [3.8, 4) is 22.6 Å². The third-order valence-electron chi connectivity index (χ3n) is 4.50. The normalized spacial score (nSPS) is 11.1. The van der Waals surface area contributed by atoms with Crippen LogP contribution in [0, 0.1) is 0 Å². The summed E-state index contributed by atoms with van der Waals surface area (Å²) in [6, 6.07) is 13.3. The van der Waals surface area contributed by atoms with Crippen molar-refractivity contribution < 1.29 is 9.32 Å². The molecule has 0 spiro atoms. The summed E-state index contributed by atoms with van der Waals surface area (Å²) in [5.41, 5.74) is 3.55. The number of carbonyl (C=O) groups is 1. The quantitative estimate of drug-likeness (QED) is 0.552. The molecule has 0 fully saturated rings. The van der Waals surface area contributed by atoms with Gasteiger partial charge in [0.05, 0.1) is 16.6 Å². The highest BCUT2D eigenvalue weighted by Crippen LogP contribution is 2.32. The predicted molar refractivity (Wildman–Crippen MR) is 107 cm³/mol. The molecule has 0 bridgehead atoms. The lowest BCUT2D eigenvalue weighted by atomic mass is 10.0. The minimum atomic E-state index is -0.175. The van der Waals surface area contributed by atoms with Gasteiger partial charge >= 0.3 is 0 Å². The lowest BCUT2D eigenvalue weighted by molar-refractivity contribution is 0.0955. The number of pyridine rings is 1. The summed E-state index contributed by atoms with van der Waals surface area (Å²) in [4.78, 5) is 17.5. The number of benzene rings is 1. The first-order valence-corrected chi connectivity index (χ1v) is 9.39. The first kappa shape index (κ1) is 17.9. The van der Waals surface area contributed by atoms with Gasteiger partial charge in [-0.25, -0.2) is 4.98 Å². The van der Waals surface area contributed by atoms with E-state index in [4.69, 9.17) is 4.52 Å². The van der Waals surface area contributed by atoms with Gasteiger partial charge in [-0.3, -0.25) is 9.48 Å². The van der Waals surface area contributed by atoms with E-state index >= 15 is 0 Å². The Bertz CT molecular complexity index is 1110. The van der Waals surface area contributed by atoms with Crippen LogP contribution in [-0.2, 0) is 6.54 Å². The summed E-state index contributed by atoms with van der Waals surface area (Å²) < 4.78 is 7.33. The molecule has 142 valence electrons. The minimum Gasteiger partial charge on any atom is -0.352 e. The molecule has 3 heterocycles. The van der Waals surface area contributed by atoms with Gasteiger partial charge in [-0.05, 0) is 25.5 Å². The Kier molecular flexibility index (Phi) is 4.89. The molecule has 0 atom stereocenters. The topological polar surface area (TPSA) is 85.8 Å². The molecule has 7 nitrogen and oxygen atoms in total. The molecule has 0 aliphatic heterocycles. The maximum absolute atomic E-state index is 12.9. The lowest BCUT2D eigenvalue weighted by Crippen LogP contribution is -2.24. The van der Waals surface area contributed by atoms with Crippen LogP contribution in [0.4, 0.5) is 0 Å². The fourth-order valence-electron chi connectivity index (χ4n) is 3.06. The van der Waals surface area contributed by atoms with Gasteiger partial charge < -0.3 is 9.84 Å². The third-order valence-corrected chi connectivity index (χ3v) is 4.50. The predicted octanol–water partition coefficient (Wildman–Crippen LogP) is 3.91. The van der Waals surface area contributed by atoms with Crippen molar-refractivity contribution in [1.82, 2.24) is 25.2 Å². The van der Waals surface area contributed by atoms with Gasteiger partial charge in [0.15, 0.2) is 0 Å². The van der Waals surface area contributed by atoms with Crippen LogP contribution in [-0.4, -0.2) is 32.4 Å². The Morgan fingerprint density at radius 1 is 1.14 bits per heavy atom. The lowest BCUT2D eigenvalue weighted by Gasteiger charge is -2.07. The van der Waals surface area contributed by atoms with Crippen molar-refractivity contribution in [2.24, 2.45) is 0 Å². The Balaban J connectivity index is 1.90. The maximum atomic E-state index is 12.9. The molecule has 0 aliphatic rings. The van der Waals surface area contributed by atoms with Crippen molar-refractivity contribution in [3.63, 3.8) is 0 Å².